The fourth-order valence-electron chi connectivity index (χ4n) is 2.20. The number of aromatic nitrogens is 1. The largest absolute Gasteiger partial charge is 0.382 e. The molecule has 88 valence electrons. The Balaban J connectivity index is 1.89. The maximum absolute atomic E-state index is 5.78. The van der Waals surface area contributed by atoms with Gasteiger partial charge in [0.05, 0.1) is 5.69 Å². The molecule has 1 unspecified atom stereocenters. The van der Waals surface area contributed by atoms with E-state index in [9.17, 15) is 0 Å². The molecule has 4 nitrogen and oxygen atoms in total. The quantitative estimate of drug-likeness (QED) is 0.811. The Hall–Kier alpha value is -1.29. The van der Waals surface area contributed by atoms with E-state index in [1.165, 1.54) is 25.8 Å². The van der Waals surface area contributed by atoms with Crippen LogP contribution in [0, 0.1) is 0 Å². The minimum absolute atomic E-state index is 0.584. The Morgan fingerprint density at radius 3 is 3.19 bits per heavy atom. The zero-order valence-corrected chi connectivity index (χ0v) is 9.82. The molecule has 0 saturated carbocycles. The van der Waals surface area contributed by atoms with Crippen molar-refractivity contribution in [3.63, 3.8) is 0 Å². The highest BCUT2D eigenvalue weighted by molar-refractivity contribution is 5.60. The summed E-state index contributed by atoms with van der Waals surface area (Å²) in [4.78, 5) is 6.48. The minimum Gasteiger partial charge on any atom is -0.382 e. The molecule has 1 aromatic heterocycles. The van der Waals surface area contributed by atoms with Gasteiger partial charge in [0, 0.05) is 18.8 Å². The van der Waals surface area contributed by atoms with Gasteiger partial charge in [0.1, 0.15) is 5.82 Å². The Morgan fingerprint density at radius 2 is 2.44 bits per heavy atom. The van der Waals surface area contributed by atoms with Gasteiger partial charge >= 0.3 is 0 Å². The van der Waals surface area contributed by atoms with E-state index < -0.39 is 0 Å². The van der Waals surface area contributed by atoms with E-state index in [1.807, 2.05) is 12.1 Å². The molecule has 0 aromatic carbocycles. The molecule has 0 spiro atoms. The second kappa shape index (κ2) is 5.16. The van der Waals surface area contributed by atoms with Crippen LogP contribution in [0.15, 0.2) is 18.3 Å². The second-order valence-electron chi connectivity index (χ2n) is 4.45. The highest BCUT2D eigenvalue weighted by Gasteiger charge is 2.18. The molecular formula is C12H20N4. The smallest absolute Gasteiger partial charge is 0.146 e. The monoisotopic (exact) mass is 220 g/mol. The molecule has 2 rings (SSSR count). The summed E-state index contributed by atoms with van der Waals surface area (Å²) < 4.78 is 0. The van der Waals surface area contributed by atoms with Crippen molar-refractivity contribution in [2.24, 2.45) is 0 Å². The minimum atomic E-state index is 0.584. The SMILES string of the molecule is CN1CCCCC1CNc1cccnc1N. The van der Waals surface area contributed by atoms with E-state index in [2.05, 4.69) is 22.2 Å². The molecule has 1 aliphatic heterocycles. The van der Waals surface area contributed by atoms with Gasteiger partial charge in [-0.15, -0.1) is 0 Å². The van der Waals surface area contributed by atoms with Crippen LogP contribution in [-0.4, -0.2) is 36.1 Å². The number of pyridine rings is 1. The first-order valence-corrected chi connectivity index (χ1v) is 5.92. The summed E-state index contributed by atoms with van der Waals surface area (Å²) in [5, 5.41) is 3.38. The molecule has 4 heteroatoms. The maximum atomic E-state index is 5.78. The highest BCUT2D eigenvalue weighted by atomic mass is 15.2. The van der Waals surface area contributed by atoms with Crippen LogP contribution in [-0.2, 0) is 0 Å². The molecule has 1 saturated heterocycles. The molecule has 3 N–H and O–H groups in total. The van der Waals surface area contributed by atoms with E-state index in [4.69, 9.17) is 5.73 Å². The van der Waals surface area contributed by atoms with E-state index >= 15 is 0 Å². The molecule has 0 radical (unpaired) electrons. The number of nitrogens with zero attached hydrogens (tertiary/aromatic N) is 2. The van der Waals surface area contributed by atoms with Gasteiger partial charge in [0.25, 0.3) is 0 Å². The molecule has 16 heavy (non-hydrogen) atoms. The summed E-state index contributed by atoms with van der Waals surface area (Å²) in [6, 6.07) is 4.50. The Labute approximate surface area is 96.8 Å². The van der Waals surface area contributed by atoms with E-state index in [1.54, 1.807) is 6.20 Å². The zero-order chi connectivity index (χ0) is 11.4. The lowest BCUT2D eigenvalue weighted by atomic mass is 10.0. The molecule has 1 aromatic rings. The normalized spacial score (nSPS) is 21.9. The Bertz CT molecular complexity index is 340. The summed E-state index contributed by atoms with van der Waals surface area (Å²) >= 11 is 0. The zero-order valence-electron chi connectivity index (χ0n) is 9.82. The third-order valence-electron chi connectivity index (χ3n) is 3.29. The van der Waals surface area contributed by atoms with Gasteiger partial charge in [-0.05, 0) is 38.6 Å². The first-order chi connectivity index (χ1) is 7.77. The van der Waals surface area contributed by atoms with E-state index in [0.29, 0.717) is 11.9 Å². The fraction of sp³-hybridized carbons (Fsp3) is 0.583. The number of nitrogens with two attached hydrogens (primary N) is 1. The number of anilines is 2. The first-order valence-electron chi connectivity index (χ1n) is 5.92. The predicted octanol–water partition coefficient (Wildman–Crippen LogP) is 1.56. The van der Waals surface area contributed by atoms with Crippen LogP contribution in [0.25, 0.3) is 0 Å². The first kappa shape index (κ1) is 11.2. The number of hydrogen-bond acceptors (Lipinski definition) is 4. The van der Waals surface area contributed by atoms with Crippen molar-refractivity contribution in [1.29, 1.82) is 0 Å². The molecule has 1 aliphatic rings. The van der Waals surface area contributed by atoms with Gasteiger partial charge in [-0.25, -0.2) is 4.98 Å². The Morgan fingerprint density at radius 1 is 1.56 bits per heavy atom. The lowest BCUT2D eigenvalue weighted by molar-refractivity contribution is 0.194. The summed E-state index contributed by atoms with van der Waals surface area (Å²) in [6.45, 7) is 2.15. The van der Waals surface area contributed by atoms with E-state index in [-0.39, 0.29) is 0 Å². The molecular weight excluding hydrogens is 200 g/mol. The predicted molar refractivity (Wildman–Crippen MR) is 67.4 cm³/mol. The van der Waals surface area contributed by atoms with Crippen LogP contribution in [0.4, 0.5) is 11.5 Å². The third-order valence-corrected chi connectivity index (χ3v) is 3.29. The van der Waals surface area contributed by atoms with Crippen molar-refractivity contribution >= 4 is 11.5 Å². The summed E-state index contributed by atoms with van der Waals surface area (Å²) in [6.07, 6.45) is 5.64. The van der Waals surface area contributed by atoms with Gasteiger partial charge in [0.2, 0.25) is 0 Å². The fourth-order valence-corrected chi connectivity index (χ4v) is 2.20. The van der Waals surface area contributed by atoms with Gasteiger partial charge in [-0.3, -0.25) is 0 Å². The third kappa shape index (κ3) is 2.64. The van der Waals surface area contributed by atoms with Crippen molar-refractivity contribution < 1.29 is 0 Å². The topological polar surface area (TPSA) is 54.2 Å². The lowest BCUT2D eigenvalue weighted by Crippen LogP contribution is -2.40. The van der Waals surface area contributed by atoms with Crippen LogP contribution in [0.3, 0.4) is 0 Å². The van der Waals surface area contributed by atoms with Crippen LogP contribution in [0.1, 0.15) is 19.3 Å². The average molecular weight is 220 g/mol. The molecule has 0 aliphatic carbocycles. The lowest BCUT2D eigenvalue weighted by Gasteiger charge is -2.32. The number of likely N-dealkylation sites (N-methyl/N-ethyl adjacent to an activating group) is 1. The van der Waals surface area contributed by atoms with Crippen molar-refractivity contribution in [3.05, 3.63) is 18.3 Å². The number of rotatable bonds is 3. The second-order valence-corrected chi connectivity index (χ2v) is 4.45. The van der Waals surface area contributed by atoms with Crippen LogP contribution < -0.4 is 11.1 Å². The number of nitrogen functional groups attached to an aromatic ring is 1. The summed E-state index contributed by atoms with van der Waals surface area (Å²) in [7, 11) is 2.19. The average Bonchev–Trinajstić information content (AvgIpc) is 2.30. The molecule has 1 fully saturated rings. The van der Waals surface area contributed by atoms with Gasteiger partial charge in [-0.2, -0.15) is 0 Å². The van der Waals surface area contributed by atoms with Gasteiger partial charge in [0.15, 0.2) is 0 Å². The van der Waals surface area contributed by atoms with Gasteiger partial charge < -0.3 is 16.0 Å². The number of nitrogens with one attached hydrogen (secondary N) is 1. The summed E-state index contributed by atoms with van der Waals surface area (Å²) in [5.74, 6) is 0.584. The Kier molecular flexibility index (Phi) is 3.62. The molecule has 0 bridgehead atoms. The maximum Gasteiger partial charge on any atom is 0.146 e. The number of likely N-dealkylation sites (tertiary alicyclic amines) is 1. The van der Waals surface area contributed by atoms with E-state index in [0.717, 1.165) is 12.2 Å². The molecule has 0 amide bonds. The summed E-state index contributed by atoms with van der Waals surface area (Å²) in [5.41, 5.74) is 6.73. The number of piperidine rings is 1. The highest BCUT2D eigenvalue weighted by Crippen LogP contribution is 2.18. The van der Waals surface area contributed by atoms with Crippen molar-refractivity contribution in [1.82, 2.24) is 9.88 Å². The van der Waals surface area contributed by atoms with Crippen molar-refractivity contribution in [3.8, 4) is 0 Å². The standard InChI is InChI=1S/C12H20N4/c1-16-8-3-2-5-10(16)9-15-11-6-4-7-14-12(11)13/h4,6-7,10,15H,2-3,5,8-9H2,1H3,(H2,13,14). The van der Waals surface area contributed by atoms with Gasteiger partial charge in [-0.1, -0.05) is 6.42 Å². The number of hydrogen-bond donors (Lipinski definition) is 2. The van der Waals surface area contributed by atoms with Crippen LogP contribution in [0.5, 0.6) is 0 Å². The van der Waals surface area contributed by atoms with Crippen molar-refractivity contribution in [2.75, 3.05) is 31.2 Å². The van der Waals surface area contributed by atoms with Crippen LogP contribution in [0.2, 0.25) is 0 Å². The van der Waals surface area contributed by atoms with Crippen molar-refractivity contribution in [2.45, 2.75) is 25.3 Å². The molecule has 1 atom stereocenters. The van der Waals surface area contributed by atoms with Crippen LogP contribution >= 0.6 is 0 Å². The molecule has 2 heterocycles.